The van der Waals surface area contributed by atoms with Crippen molar-refractivity contribution in [2.45, 2.75) is 13.0 Å². The lowest BCUT2D eigenvalue weighted by atomic mass is 10.2. The van der Waals surface area contributed by atoms with Gasteiger partial charge in [0.2, 0.25) is 11.8 Å². The van der Waals surface area contributed by atoms with Crippen LogP contribution in [0.5, 0.6) is 5.75 Å². The quantitative estimate of drug-likeness (QED) is 0.493. The van der Waals surface area contributed by atoms with E-state index in [4.69, 9.17) is 9.47 Å². The average molecular weight is 425 g/mol. The summed E-state index contributed by atoms with van der Waals surface area (Å²) in [6.07, 6.45) is 0.831. The van der Waals surface area contributed by atoms with Crippen LogP contribution in [0.2, 0.25) is 0 Å². The Bertz CT molecular complexity index is 912. The number of ether oxygens (including phenoxy) is 2. The van der Waals surface area contributed by atoms with Gasteiger partial charge in [0.05, 0.1) is 13.2 Å². The Morgan fingerprint density at radius 2 is 1.63 bits per heavy atom. The van der Waals surface area contributed by atoms with Crippen molar-refractivity contribution in [1.29, 1.82) is 0 Å². The van der Waals surface area contributed by atoms with Crippen LogP contribution in [0, 0.1) is 0 Å². The molecule has 6 nitrogen and oxygen atoms in total. The van der Waals surface area contributed by atoms with E-state index in [1.54, 1.807) is 35.6 Å². The third kappa shape index (κ3) is 7.69. The van der Waals surface area contributed by atoms with Gasteiger partial charge in [0.25, 0.3) is 0 Å². The van der Waals surface area contributed by atoms with Crippen LogP contribution in [0.3, 0.4) is 0 Å². The predicted octanol–water partition coefficient (Wildman–Crippen LogP) is 3.64. The molecule has 3 rings (SSSR count). The molecule has 0 bridgehead atoms. The summed E-state index contributed by atoms with van der Waals surface area (Å²) in [5, 5.41) is 7.42. The van der Waals surface area contributed by atoms with Gasteiger partial charge in [-0.2, -0.15) is 0 Å². The zero-order chi connectivity index (χ0) is 21.0. The highest BCUT2D eigenvalue weighted by Gasteiger charge is 2.06. The molecule has 0 saturated carbocycles. The summed E-state index contributed by atoms with van der Waals surface area (Å²) >= 11 is 1.57. The molecule has 1 aromatic heterocycles. The van der Waals surface area contributed by atoms with E-state index in [2.05, 4.69) is 22.8 Å². The van der Waals surface area contributed by atoms with Gasteiger partial charge in [0.15, 0.2) is 0 Å². The molecule has 0 aliphatic carbocycles. The van der Waals surface area contributed by atoms with Crippen LogP contribution in [0.4, 0.5) is 5.69 Å². The molecule has 2 amide bonds. The Balaban J connectivity index is 1.30. The lowest BCUT2D eigenvalue weighted by molar-refractivity contribution is -0.128. The van der Waals surface area contributed by atoms with Gasteiger partial charge in [-0.25, -0.2) is 0 Å². The molecule has 0 radical (unpaired) electrons. The number of carbonyl (C=O) groups excluding carboxylic acids is 2. The maximum atomic E-state index is 12.0. The maximum absolute atomic E-state index is 12.0. The van der Waals surface area contributed by atoms with Crippen molar-refractivity contribution >= 4 is 28.8 Å². The Labute approximate surface area is 179 Å². The zero-order valence-electron chi connectivity index (χ0n) is 16.5. The number of nitrogens with one attached hydrogen (secondary N) is 2. The van der Waals surface area contributed by atoms with E-state index in [0.29, 0.717) is 18.8 Å². The number of hydrogen-bond donors (Lipinski definition) is 2. The molecular formula is C23H24N2O4S. The highest BCUT2D eigenvalue weighted by atomic mass is 32.1. The number of hydrogen-bond acceptors (Lipinski definition) is 5. The largest absolute Gasteiger partial charge is 0.493 e. The molecule has 30 heavy (non-hydrogen) atoms. The minimum atomic E-state index is -0.321. The first kappa shape index (κ1) is 21.5. The topological polar surface area (TPSA) is 76.7 Å². The second-order valence-corrected chi connectivity index (χ2v) is 7.54. The van der Waals surface area contributed by atoms with Gasteiger partial charge in [-0.1, -0.05) is 36.4 Å². The molecule has 0 spiro atoms. The van der Waals surface area contributed by atoms with Crippen LogP contribution in [-0.2, 0) is 27.3 Å². The molecule has 156 valence electrons. The van der Waals surface area contributed by atoms with Crippen molar-refractivity contribution in [2.24, 2.45) is 0 Å². The maximum Gasteiger partial charge on any atom is 0.250 e. The van der Waals surface area contributed by atoms with E-state index >= 15 is 0 Å². The van der Waals surface area contributed by atoms with E-state index in [-0.39, 0.29) is 25.0 Å². The van der Waals surface area contributed by atoms with Crippen molar-refractivity contribution in [3.05, 3.63) is 82.6 Å². The first-order valence-corrected chi connectivity index (χ1v) is 10.5. The van der Waals surface area contributed by atoms with E-state index in [0.717, 1.165) is 17.0 Å². The lowest BCUT2D eigenvalue weighted by Gasteiger charge is -2.09. The number of benzene rings is 2. The molecular weight excluding hydrogens is 400 g/mol. The SMILES string of the molecule is O=C(COCC(=O)Nc1ccc(OCCc2ccccc2)cc1)NCc1cccs1. The van der Waals surface area contributed by atoms with Gasteiger partial charge in [-0.05, 0) is 41.3 Å². The fourth-order valence-electron chi connectivity index (χ4n) is 2.65. The number of rotatable bonds is 11. The molecule has 2 N–H and O–H groups in total. The number of anilines is 1. The van der Waals surface area contributed by atoms with Crippen LogP contribution < -0.4 is 15.4 Å². The van der Waals surface area contributed by atoms with Crippen LogP contribution >= 0.6 is 11.3 Å². The molecule has 0 aliphatic rings. The first-order valence-electron chi connectivity index (χ1n) is 9.62. The minimum absolute atomic E-state index is 0.160. The van der Waals surface area contributed by atoms with E-state index in [1.165, 1.54) is 5.56 Å². The highest BCUT2D eigenvalue weighted by Crippen LogP contribution is 2.16. The van der Waals surface area contributed by atoms with Gasteiger partial charge >= 0.3 is 0 Å². The summed E-state index contributed by atoms with van der Waals surface area (Å²) in [5.41, 5.74) is 1.86. The molecule has 0 aliphatic heterocycles. The Morgan fingerprint density at radius 3 is 2.37 bits per heavy atom. The minimum Gasteiger partial charge on any atom is -0.493 e. The smallest absolute Gasteiger partial charge is 0.250 e. The standard InChI is InChI=1S/C23H24N2O4S/c26-22(24-15-21-7-4-14-30-21)16-28-17-23(27)25-19-8-10-20(11-9-19)29-13-12-18-5-2-1-3-6-18/h1-11,14H,12-13,15-17H2,(H,24,26)(H,25,27). The molecule has 0 fully saturated rings. The average Bonchev–Trinajstić information content (AvgIpc) is 3.28. The Hall–Kier alpha value is -3.16. The number of thiophene rings is 1. The van der Waals surface area contributed by atoms with Crippen LogP contribution in [-0.4, -0.2) is 31.6 Å². The van der Waals surface area contributed by atoms with Crippen molar-refractivity contribution in [3.63, 3.8) is 0 Å². The molecule has 0 unspecified atom stereocenters. The van der Waals surface area contributed by atoms with Gasteiger partial charge < -0.3 is 20.1 Å². The first-order chi connectivity index (χ1) is 14.7. The fourth-order valence-corrected chi connectivity index (χ4v) is 3.29. The van der Waals surface area contributed by atoms with Crippen molar-refractivity contribution in [2.75, 3.05) is 25.1 Å². The second-order valence-electron chi connectivity index (χ2n) is 6.51. The normalized spacial score (nSPS) is 10.4. The van der Waals surface area contributed by atoms with Gasteiger partial charge in [-0.15, -0.1) is 11.3 Å². The summed E-state index contributed by atoms with van der Waals surface area (Å²) in [4.78, 5) is 24.7. The monoisotopic (exact) mass is 424 g/mol. The lowest BCUT2D eigenvalue weighted by Crippen LogP contribution is -2.29. The number of carbonyl (C=O) groups is 2. The second kappa shape index (κ2) is 11.7. The van der Waals surface area contributed by atoms with Crippen LogP contribution in [0.15, 0.2) is 72.1 Å². The van der Waals surface area contributed by atoms with Gasteiger partial charge in [-0.3, -0.25) is 9.59 Å². The predicted molar refractivity (Wildman–Crippen MR) is 118 cm³/mol. The molecule has 1 heterocycles. The van der Waals surface area contributed by atoms with E-state index < -0.39 is 0 Å². The van der Waals surface area contributed by atoms with Crippen LogP contribution in [0.1, 0.15) is 10.4 Å². The van der Waals surface area contributed by atoms with Gasteiger partial charge in [0, 0.05) is 17.0 Å². The van der Waals surface area contributed by atoms with Crippen molar-refractivity contribution in [1.82, 2.24) is 5.32 Å². The third-order valence-corrected chi connectivity index (χ3v) is 5.02. The third-order valence-electron chi connectivity index (χ3n) is 4.15. The summed E-state index contributed by atoms with van der Waals surface area (Å²) in [7, 11) is 0. The van der Waals surface area contributed by atoms with Crippen molar-refractivity contribution in [3.8, 4) is 5.75 Å². The summed E-state index contributed by atoms with van der Waals surface area (Å²) < 4.78 is 10.9. The highest BCUT2D eigenvalue weighted by molar-refractivity contribution is 7.09. The Morgan fingerprint density at radius 1 is 0.867 bits per heavy atom. The van der Waals surface area contributed by atoms with Crippen LogP contribution in [0.25, 0.3) is 0 Å². The summed E-state index contributed by atoms with van der Waals surface area (Å²) in [6.45, 7) is 0.693. The Kier molecular flexibility index (Phi) is 8.44. The van der Waals surface area contributed by atoms with E-state index in [1.807, 2.05) is 35.7 Å². The van der Waals surface area contributed by atoms with Crippen molar-refractivity contribution < 1.29 is 19.1 Å². The molecule has 2 aromatic carbocycles. The fraction of sp³-hybridized carbons (Fsp3) is 0.217. The van der Waals surface area contributed by atoms with E-state index in [9.17, 15) is 9.59 Å². The molecule has 0 saturated heterocycles. The van der Waals surface area contributed by atoms with Gasteiger partial charge in [0.1, 0.15) is 19.0 Å². The zero-order valence-corrected chi connectivity index (χ0v) is 17.3. The molecule has 3 aromatic rings. The molecule has 0 atom stereocenters. The number of amides is 2. The summed E-state index contributed by atoms with van der Waals surface area (Å²) in [5.74, 6) is 0.162. The summed E-state index contributed by atoms with van der Waals surface area (Å²) in [6, 6.07) is 21.2. The molecule has 7 heteroatoms.